The van der Waals surface area contributed by atoms with Gasteiger partial charge in [0.15, 0.2) is 5.69 Å². The fraction of sp³-hybridized carbons (Fsp3) is 0.222. The van der Waals surface area contributed by atoms with E-state index in [0.717, 1.165) is 17.2 Å². The maximum Gasteiger partial charge on any atom is 0.435 e. The number of aryl methyl sites for hydroxylation is 1. The zero-order chi connectivity index (χ0) is 14.9. The SMILES string of the molecule is Cn1nc(C(F)(F)F)cc1Oc1ncncc1[N+](=O)[O-]. The van der Waals surface area contributed by atoms with Crippen LogP contribution in [0, 0.1) is 10.1 Å². The highest BCUT2D eigenvalue weighted by Crippen LogP contribution is 2.33. The molecule has 106 valence electrons. The zero-order valence-electron chi connectivity index (χ0n) is 9.83. The van der Waals surface area contributed by atoms with E-state index < -0.39 is 28.4 Å². The molecular formula is C9H6F3N5O3. The van der Waals surface area contributed by atoms with Gasteiger partial charge >= 0.3 is 17.7 Å². The van der Waals surface area contributed by atoms with Crippen molar-refractivity contribution < 1.29 is 22.8 Å². The minimum atomic E-state index is -4.64. The van der Waals surface area contributed by atoms with Crippen LogP contribution in [-0.4, -0.2) is 24.7 Å². The molecular weight excluding hydrogens is 283 g/mol. The quantitative estimate of drug-likeness (QED) is 0.632. The molecule has 0 saturated heterocycles. The smallest absolute Gasteiger partial charge is 0.415 e. The molecule has 0 N–H and O–H groups in total. The number of hydrogen-bond donors (Lipinski definition) is 0. The molecule has 8 nitrogen and oxygen atoms in total. The molecule has 2 aromatic rings. The zero-order valence-corrected chi connectivity index (χ0v) is 9.83. The highest BCUT2D eigenvalue weighted by atomic mass is 19.4. The number of ether oxygens (including phenoxy) is 1. The average Bonchev–Trinajstić information content (AvgIpc) is 2.71. The van der Waals surface area contributed by atoms with Crippen LogP contribution in [0.2, 0.25) is 0 Å². The molecule has 0 aliphatic carbocycles. The number of hydrogen-bond acceptors (Lipinski definition) is 6. The lowest BCUT2D eigenvalue weighted by Crippen LogP contribution is -2.06. The molecule has 0 atom stereocenters. The Labute approximate surface area is 109 Å². The van der Waals surface area contributed by atoms with Gasteiger partial charge in [-0.05, 0) is 0 Å². The van der Waals surface area contributed by atoms with E-state index in [-0.39, 0.29) is 5.88 Å². The fourth-order valence-electron chi connectivity index (χ4n) is 1.30. The molecule has 0 aromatic carbocycles. The number of alkyl halides is 3. The molecule has 0 spiro atoms. The van der Waals surface area contributed by atoms with Gasteiger partial charge in [-0.1, -0.05) is 0 Å². The average molecular weight is 289 g/mol. The lowest BCUT2D eigenvalue weighted by atomic mass is 10.4. The molecule has 2 aromatic heterocycles. The molecule has 0 amide bonds. The van der Waals surface area contributed by atoms with Gasteiger partial charge < -0.3 is 4.74 Å². The van der Waals surface area contributed by atoms with Gasteiger partial charge in [-0.25, -0.2) is 9.67 Å². The summed E-state index contributed by atoms with van der Waals surface area (Å²) in [5, 5.41) is 13.9. The molecule has 20 heavy (non-hydrogen) atoms. The molecule has 0 aliphatic rings. The van der Waals surface area contributed by atoms with Crippen molar-refractivity contribution in [3.8, 4) is 11.8 Å². The van der Waals surface area contributed by atoms with E-state index >= 15 is 0 Å². The molecule has 2 rings (SSSR count). The van der Waals surface area contributed by atoms with E-state index in [9.17, 15) is 23.3 Å². The second kappa shape index (κ2) is 4.75. The predicted octanol–water partition coefficient (Wildman–Crippen LogP) is 1.93. The van der Waals surface area contributed by atoms with Gasteiger partial charge in [0.25, 0.3) is 0 Å². The minimum Gasteiger partial charge on any atom is -0.415 e. The lowest BCUT2D eigenvalue weighted by Gasteiger charge is -2.03. The molecule has 11 heteroatoms. The van der Waals surface area contributed by atoms with Gasteiger partial charge in [0.2, 0.25) is 5.88 Å². The molecule has 0 unspecified atom stereocenters. The van der Waals surface area contributed by atoms with Crippen LogP contribution in [0.3, 0.4) is 0 Å². The Hall–Kier alpha value is -2.72. The number of nitrogens with zero attached hydrogens (tertiary/aromatic N) is 5. The van der Waals surface area contributed by atoms with Crippen molar-refractivity contribution in [3.63, 3.8) is 0 Å². The van der Waals surface area contributed by atoms with Crippen molar-refractivity contribution in [2.75, 3.05) is 0 Å². The van der Waals surface area contributed by atoms with Gasteiger partial charge in [-0.15, -0.1) is 0 Å². The van der Waals surface area contributed by atoms with Crippen LogP contribution >= 0.6 is 0 Å². The highest BCUT2D eigenvalue weighted by molar-refractivity contribution is 5.39. The second-order valence-electron chi connectivity index (χ2n) is 3.56. The van der Waals surface area contributed by atoms with Crippen LogP contribution in [0.25, 0.3) is 0 Å². The van der Waals surface area contributed by atoms with Crippen molar-refractivity contribution in [3.05, 3.63) is 34.4 Å². The first-order valence-corrected chi connectivity index (χ1v) is 5.02. The van der Waals surface area contributed by atoms with Gasteiger partial charge in [0.1, 0.15) is 12.5 Å². The Bertz CT molecular complexity index is 655. The number of aromatic nitrogens is 4. The Balaban J connectivity index is 2.36. The summed E-state index contributed by atoms with van der Waals surface area (Å²) in [5.41, 5.74) is -1.74. The largest absolute Gasteiger partial charge is 0.435 e. The van der Waals surface area contributed by atoms with Crippen molar-refractivity contribution >= 4 is 5.69 Å². The van der Waals surface area contributed by atoms with Crippen molar-refractivity contribution in [1.82, 2.24) is 19.7 Å². The summed E-state index contributed by atoms with van der Waals surface area (Å²) >= 11 is 0. The van der Waals surface area contributed by atoms with E-state index in [0.29, 0.717) is 6.07 Å². The van der Waals surface area contributed by atoms with Gasteiger partial charge in [0.05, 0.1) is 4.92 Å². The number of nitro groups is 1. The normalized spacial score (nSPS) is 11.4. The van der Waals surface area contributed by atoms with Crippen LogP contribution in [-0.2, 0) is 13.2 Å². The van der Waals surface area contributed by atoms with E-state index in [1.165, 1.54) is 7.05 Å². The van der Waals surface area contributed by atoms with Crippen LogP contribution < -0.4 is 4.74 Å². The Kier molecular flexibility index (Phi) is 3.26. The van der Waals surface area contributed by atoms with E-state index in [1.54, 1.807) is 0 Å². The fourth-order valence-corrected chi connectivity index (χ4v) is 1.30. The first-order chi connectivity index (χ1) is 9.29. The maximum absolute atomic E-state index is 12.5. The lowest BCUT2D eigenvalue weighted by molar-refractivity contribution is -0.386. The van der Waals surface area contributed by atoms with Gasteiger partial charge in [-0.3, -0.25) is 10.1 Å². The first-order valence-electron chi connectivity index (χ1n) is 5.02. The summed E-state index contributed by atoms with van der Waals surface area (Å²) in [4.78, 5) is 16.8. The molecule has 0 radical (unpaired) electrons. The Morgan fingerprint density at radius 1 is 1.45 bits per heavy atom. The summed E-state index contributed by atoms with van der Waals surface area (Å²) in [6.45, 7) is 0. The van der Waals surface area contributed by atoms with Crippen LogP contribution in [0.15, 0.2) is 18.6 Å². The van der Waals surface area contributed by atoms with E-state index in [4.69, 9.17) is 4.74 Å². The van der Waals surface area contributed by atoms with E-state index in [2.05, 4.69) is 15.1 Å². The summed E-state index contributed by atoms with van der Waals surface area (Å²) < 4.78 is 43.2. The second-order valence-corrected chi connectivity index (χ2v) is 3.56. The molecule has 2 heterocycles. The summed E-state index contributed by atoms with van der Waals surface area (Å²) in [7, 11) is 1.21. The van der Waals surface area contributed by atoms with E-state index in [1.807, 2.05) is 0 Å². The molecule has 0 bridgehead atoms. The first kappa shape index (κ1) is 13.7. The summed E-state index contributed by atoms with van der Waals surface area (Å²) in [5.74, 6) is -0.805. The number of halogens is 3. The molecule has 0 aliphatic heterocycles. The maximum atomic E-state index is 12.5. The van der Waals surface area contributed by atoms with Crippen molar-refractivity contribution in [1.29, 1.82) is 0 Å². The van der Waals surface area contributed by atoms with Crippen LogP contribution in [0.5, 0.6) is 11.8 Å². The van der Waals surface area contributed by atoms with Crippen LogP contribution in [0.1, 0.15) is 5.69 Å². The molecule has 0 fully saturated rings. The molecule has 0 saturated carbocycles. The predicted molar refractivity (Wildman–Crippen MR) is 57.0 cm³/mol. The topological polar surface area (TPSA) is 96.0 Å². The van der Waals surface area contributed by atoms with Crippen molar-refractivity contribution in [2.24, 2.45) is 7.05 Å². The third-order valence-electron chi connectivity index (χ3n) is 2.18. The third kappa shape index (κ3) is 2.65. The number of rotatable bonds is 3. The van der Waals surface area contributed by atoms with Gasteiger partial charge in [-0.2, -0.15) is 23.3 Å². The Morgan fingerprint density at radius 3 is 2.70 bits per heavy atom. The minimum absolute atomic E-state index is 0.334. The highest BCUT2D eigenvalue weighted by Gasteiger charge is 2.35. The monoisotopic (exact) mass is 289 g/mol. The summed E-state index contributed by atoms with van der Waals surface area (Å²) in [6, 6.07) is 0.617. The Morgan fingerprint density at radius 2 is 2.15 bits per heavy atom. The summed E-state index contributed by atoms with van der Waals surface area (Å²) in [6.07, 6.45) is -2.79. The van der Waals surface area contributed by atoms with Gasteiger partial charge in [0, 0.05) is 13.1 Å². The van der Waals surface area contributed by atoms with Crippen LogP contribution in [0.4, 0.5) is 18.9 Å². The third-order valence-corrected chi connectivity index (χ3v) is 2.18. The van der Waals surface area contributed by atoms with Crippen molar-refractivity contribution in [2.45, 2.75) is 6.18 Å². The standard InChI is InChI=1S/C9H6F3N5O3/c1-16-7(2-6(15-16)9(10,11)12)20-8-5(17(18)19)3-13-4-14-8/h2-4H,1H3.